The molecule has 0 atom stereocenters. The topological polar surface area (TPSA) is 52.2 Å². The summed E-state index contributed by atoms with van der Waals surface area (Å²) in [6.07, 6.45) is 0. The van der Waals surface area contributed by atoms with Gasteiger partial charge in [0.2, 0.25) is 0 Å². The second-order valence-corrected chi connectivity index (χ2v) is 6.24. The Labute approximate surface area is 144 Å². The summed E-state index contributed by atoms with van der Waals surface area (Å²) >= 11 is 0. The lowest BCUT2D eigenvalue weighted by atomic mass is 10.2. The Balaban J connectivity index is 1.45. The number of nitrogens with zero attached hydrogens (tertiary/aromatic N) is 3. The molecule has 5 nitrogen and oxygen atoms in total. The molecular formula is C19H19FN4O. The highest BCUT2D eigenvalue weighted by Crippen LogP contribution is 2.20. The molecule has 0 radical (unpaired) electrons. The van der Waals surface area contributed by atoms with Crippen molar-refractivity contribution in [3.05, 3.63) is 70.5 Å². The van der Waals surface area contributed by atoms with E-state index in [9.17, 15) is 9.18 Å². The van der Waals surface area contributed by atoms with E-state index in [1.807, 2.05) is 30.3 Å². The lowest BCUT2D eigenvalue weighted by Gasteiger charge is -2.35. The molecule has 1 aliphatic rings. The van der Waals surface area contributed by atoms with Gasteiger partial charge < -0.3 is 9.88 Å². The van der Waals surface area contributed by atoms with Crippen LogP contribution >= 0.6 is 0 Å². The summed E-state index contributed by atoms with van der Waals surface area (Å²) in [5, 5.41) is 0.607. The molecule has 0 saturated carbocycles. The molecule has 0 spiro atoms. The average Bonchev–Trinajstić information content (AvgIpc) is 2.63. The summed E-state index contributed by atoms with van der Waals surface area (Å²) in [4.78, 5) is 23.9. The number of aromatic amines is 1. The van der Waals surface area contributed by atoms with Crippen molar-refractivity contribution in [3.63, 3.8) is 0 Å². The molecule has 0 unspecified atom stereocenters. The highest BCUT2D eigenvalue weighted by molar-refractivity contribution is 5.77. The molecule has 0 bridgehead atoms. The zero-order valence-corrected chi connectivity index (χ0v) is 13.8. The number of nitrogens with one attached hydrogen (secondary N) is 1. The van der Waals surface area contributed by atoms with Gasteiger partial charge in [0.25, 0.3) is 5.56 Å². The molecule has 1 aromatic heterocycles. The van der Waals surface area contributed by atoms with Crippen LogP contribution in [-0.2, 0) is 6.54 Å². The Morgan fingerprint density at radius 3 is 2.52 bits per heavy atom. The van der Waals surface area contributed by atoms with Crippen molar-refractivity contribution in [2.24, 2.45) is 0 Å². The lowest BCUT2D eigenvalue weighted by Crippen LogP contribution is -2.46. The van der Waals surface area contributed by atoms with E-state index in [4.69, 9.17) is 0 Å². The van der Waals surface area contributed by atoms with Crippen LogP contribution in [-0.4, -0.2) is 41.0 Å². The van der Waals surface area contributed by atoms with Gasteiger partial charge in [-0.3, -0.25) is 9.69 Å². The van der Waals surface area contributed by atoms with E-state index in [0.717, 1.165) is 26.2 Å². The second kappa shape index (κ2) is 6.64. The number of H-pyrrole nitrogens is 1. The van der Waals surface area contributed by atoms with Gasteiger partial charge in [0.05, 0.1) is 23.1 Å². The number of aromatic nitrogens is 2. The van der Waals surface area contributed by atoms with Gasteiger partial charge in [0, 0.05) is 26.2 Å². The van der Waals surface area contributed by atoms with E-state index in [0.29, 0.717) is 29.0 Å². The van der Waals surface area contributed by atoms with Crippen molar-refractivity contribution in [2.45, 2.75) is 6.54 Å². The molecule has 128 valence electrons. The van der Waals surface area contributed by atoms with Gasteiger partial charge in [0.1, 0.15) is 11.6 Å². The van der Waals surface area contributed by atoms with Crippen LogP contribution in [0.25, 0.3) is 10.9 Å². The molecule has 4 rings (SSSR count). The zero-order chi connectivity index (χ0) is 17.2. The van der Waals surface area contributed by atoms with Gasteiger partial charge >= 0.3 is 0 Å². The minimum atomic E-state index is -0.184. The van der Waals surface area contributed by atoms with Crippen molar-refractivity contribution < 1.29 is 4.39 Å². The Bertz CT molecular complexity index is 947. The second-order valence-electron chi connectivity index (χ2n) is 6.24. The third-order valence-electron chi connectivity index (χ3n) is 4.60. The Hall–Kier alpha value is -2.73. The first-order valence-corrected chi connectivity index (χ1v) is 8.40. The fourth-order valence-corrected chi connectivity index (χ4v) is 3.28. The third kappa shape index (κ3) is 3.25. The summed E-state index contributed by atoms with van der Waals surface area (Å²) in [6.45, 7) is 3.68. The van der Waals surface area contributed by atoms with Gasteiger partial charge in [-0.15, -0.1) is 0 Å². The Morgan fingerprint density at radius 1 is 1.00 bits per heavy atom. The molecular weight excluding hydrogens is 319 g/mol. The van der Waals surface area contributed by atoms with Crippen LogP contribution in [0.4, 0.5) is 10.1 Å². The average molecular weight is 338 g/mol. The van der Waals surface area contributed by atoms with Crippen molar-refractivity contribution in [2.75, 3.05) is 31.1 Å². The molecule has 1 fully saturated rings. The fourth-order valence-electron chi connectivity index (χ4n) is 3.28. The maximum absolute atomic E-state index is 13.9. The van der Waals surface area contributed by atoms with E-state index in [2.05, 4.69) is 19.8 Å². The molecule has 3 aromatic rings. The summed E-state index contributed by atoms with van der Waals surface area (Å²) in [7, 11) is 0. The smallest absolute Gasteiger partial charge is 0.258 e. The number of benzene rings is 2. The molecule has 2 heterocycles. The maximum atomic E-state index is 13.9. The molecule has 1 saturated heterocycles. The molecule has 2 aromatic carbocycles. The largest absolute Gasteiger partial charge is 0.367 e. The highest BCUT2D eigenvalue weighted by Gasteiger charge is 2.20. The van der Waals surface area contributed by atoms with Crippen molar-refractivity contribution >= 4 is 16.6 Å². The first-order valence-electron chi connectivity index (χ1n) is 8.40. The van der Waals surface area contributed by atoms with Gasteiger partial charge in [-0.1, -0.05) is 24.3 Å². The lowest BCUT2D eigenvalue weighted by molar-refractivity contribution is 0.243. The van der Waals surface area contributed by atoms with E-state index in [1.165, 1.54) is 6.07 Å². The minimum Gasteiger partial charge on any atom is -0.367 e. The molecule has 0 aliphatic carbocycles. The number of piperazine rings is 1. The summed E-state index contributed by atoms with van der Waals surface area (Å²) in [5.74, 6) is 0.486. The minimum absolute atomic E-state index is 0.106. The van der Waals surface area contributed by atoms with Crippen LogP contribution in [0.3, 0.4) is 0 Å². The van der Waals surface area contributed by atoms with Crippen LogP contribution in [0.5, 0.6) is 0 Å². The number of rotatable bonds is 3. The molecule has 0 amide bonds. The van der Waals surface area contributed by atoms with Crippen LogP contribution in [0.2, 0.25) is 0 Å². The first-order chi connectivity index (χ1) is 12.2. The number of hydrogen-bond donors (Lipinski definition) is 1. The van der Waals surface area contributed by atoms with Crippen molar-refractivity contribution in [1.82, 2.24) is 14.9 Å². The number of fused-ring (bicyclic) bond motifs is 1. The van der Waals surface area contributed by atoms with Crippen LogP contribution < -0.4 is 10.5 Å². The summed E-state index contributed by atoms with van der Waals surface area (Å²) < 4.78 is 13.9. The van der Waals surface area contributed by atoms with E-state index in [-0.39, 0.29) is 11.4 Å². The molecule has 25 heavy (non-hydrogen) atoms. The quantitative estimate of drug-likeness (QED) is 0.797. The molecule has 1 aliphatic heterocycles. The number of halogens is 1. The fraction of sp³-hybridized carbons (Fsp3) is 0.263. The molecule has 1 N–H and O–H groups in total. The predicted octanol–water partition coefficient (Wildman–Crippen LogP) is 2.38. The van der Waals surface area contributed by atoms with Crippen molar-refractivity contribution in [1.29, 1.82) is 0 Å². The number of hydrogen-bond acceptors (Lipinski definition) is 4. The zero-order valence-electron chi connectivity index (χ0n) is 13.8. The van der Waals surface area contributed by atoms with Crippen LogP contribution in [0.1, 0.15) is 5.82 Å². The van der Waals surface area contributed by atoms with Crippen LogP contribution in [0.15, 0.2) is 53.3 Å². The van der Waals surface area contributed by atoms with Gasteiger partial charge in [-0.2, -0.15) is 0 Å². The monoisotopic (exact) mass is 338 g/mol. The Kier molecular flexibility index (Phi) is 4.19. The number of para-hydroxylation sites is 2. The highest BCUT2D eigenvalue weighted by atomic mass is 19.1. The molecule has 6 heteroatoms. The van der Waals surface area contributed by atoms with Gasteiger partial charge in [-0.05, 0) is 24.3 Å². The third-order valence-corrected chi connectivity index (χ3v) is 4.60. The van der Waals surface area contributed by atoms with E-state index in [1.54, 1.807) is 12.1 Å². The summed E-state index contributed by atoms with van der Waals surface area (Å²) in [6, 6.07) is 14.2. The maximum Gasteiger partial charge on any atom is 0.258 e. The SMILES string of the molecule is O=c1[nH]c(CN2CCN(c3ccccc3F)CC2)nc2ccccc12. The van der Waals surface area contributed by atoms with Crippen LogP contribution in [0, 0.1) is 5.82 Å². The predicted molar refractivity (Wildman–Crippen MR) is 96.3 cm³/mol. The summed E-state index contributed by atoms with van der Waals surface area (Å²) in [5.41, 5.74) is 1.26. The van der Waals surface area contributed by atoms with E-state index >= 15 is 0 Å². The normalized spacial score (nSPS) is 15.6. The Morgan fingerprint density at radius 2 is 1.72 bits per heavy atom. The van der Waals surface area contributed by atoms with Crippen molar-refractivity contribution in [3.8, 4) is 0 Å². The van der Waals surface area contributed by atoms with Gasteiger partial charge in [-0.25, -0.2) is 9.37 Å². The first kappa shape index (κ1) is 15.8. The number of anilines is 1. The van der Waals surface area contributed by atoms with Gasteiger partial charge in [0.15, 0.2) is 0 Å². The standard InChI is InChI=1S/C19H19FN4O/c20-15-6-2-4-8-17(15)24-11-9-23(10-12-24)13-18-21-16-7-3-1-5-14(16)19(25)22-18/h1-8H,9-13H2,(H,21,22,25). The van der Waals surface area contributed by atoms with E-state index < -0.39 is 0 Å².